The van der Waals surface area contributed by atoms with Crippen LogP contribution in [0.25, 0.3) is 0 Å². The molecule has 0 saturated heterocycles. The predicted octanol–water partition coefficient (Wildman–Crippen LogP) is 4.07. The minimum Gasteiger partial charge on any atom is -0.127 e. The van der Waals surface area contributed by atoms with Gasteiger partial charge in [0.1, 0.15) is 0 Å². The van der Waals surface area contributed by atoms with Gasteiger partial charge in [-0.15, -0.1) is 11.6 Å². The molecule has 0 bridgehead atoms. The Bertz CT molecular complexity index is 228. The summed E-state index contributed by atoms with van der Waals surface area (Å²) in [6.45, 7) is 2.17. The number of benzene rings is 1. The summed E-state index contributed by atoms with van der Waals surface area (Å²) < 4.78 is 0. The Kier molecular flexibility index (Phi) is 3.90. The third-order valence-electron chi connectivity index (χ3n) is 1.98. The Morgan fingerprint density at radius 1 is 1.25 bits per heavy atom. The summed E-state index contributed by atoms with van der Waals surface area (Å²) in [6, 6.07) is 7.95. The van der Waals surface area contributed by atoms with E-state index in [2.05, 4.69) is 19.1 Å². The highest BCUT2D eigenvalue weighted by Gasteiger charge is 2.03. The van der Waals surface area contributed by atoms with Crippen LogP contribution in [0.2, 0.25) is 5.02 Å². The van der Waals surface area contributed by atoms with E-state index in [0.717, 1.165) is 11.4 Å². The van der Waals surface area contributed by atoms with Crippen molar-refractivity contribution < 1.29 is 0 Å². The van der Waals surface area contributed by atoms with Crippen LogP contribution in [-0.2, 0) is 0 Å². The van der Waals surface area contributed by atoms with E-state index in [1.54, 1.807) is 0 Å². The van der Waals surface area contributed by atoms with Gasteiger partial charge in [0.05, 0.1) is 0 Å². The van der Waals surface area contributed by atoms with Crippen molar-refractivity contribution in [3.05, 3.63) is 34.9 Å². The molecule has 1 unspecified atom stereocenters. The van der Waals surface area contributed by atoms with E-state index in [1.165, 1.54) is 5.56 Å². The van der Waals surface area contributed by atoms with Crippen LogP contribution in [0.15, 0.2) is 24.3 Å². The maximum absolute atomic E-state index is 5.77. The largest absolute Gasteiger partial charge is 0.127 e. The summed E-state index contributed by atoms with van der Waals surface area (Å²) in [4.78, 5) is 0. The molecule has 0 aliphatic rings. The van der Waals surface area contributed by atoms with E-state index in [4.69, 9.17) is 23.2 Å². The first-order valence-electron chi connectivity index (χ1n) is 4.05. The van der Waals surface area contributed by atoms with Gasteiger partial charge in [-0.1, -0.05) is 30.7 Å². The van der Waals surface area contributed by atoms with Crippen molar-refractivity contribution in [2.45, 2.75) is 19.3 Å². The molecule has 0 aliphatic carbocycles. The molecule has 0 nitrogen and oxygen atoms in total. The Hall–Kier alpha value is -0.200. The average molecular weight is 203 g/mol. The lowest BCUT2D eigenvalue weighted by molar-refractivity contribution is 0.738. The summed E-state index contributed by atoms with van der Waals surface area (Å²) in [5.74, 6) is 1.24. The van der Waals surface area contributed by atoms with Crippen LogP contribution in [0.5, 0.6) is 0 Å². The highest BCUT2D eigenvalue weighted by atomic mass is 35.5. The second-order valence-electron chi connectivity index (χ2n) is 2.93. The molecule has 0 aliphatic heterocycles. The van der Waals surface area contributed by atoms with Gasteiger partial charge >= 0.3 is 0 Å². The van der Waals surface area contributed by atoms with E-state index in [1.807, 2.05) is 12.1 Å². The molecule has 1 aromatic rings. The van der Waals surface area contributed by atoms with Gasteiger partial charge in [0, 0.05) is 10.9 Å². The number of hydrogen-bond donors (Lipinski definition) is 0. The number of halogens is 2. The normalized spacial score (nSPS) is 12.9. The smallest absolute Gasteiger partial charge is 0.0406 e. The summed E-state index contributed by atoms with van der Waals surface area (Å²) in [7, 11) is 0. The summed E-state index contributed by atoms with van der Waals surface area (Å²) in [6.07, 6.45) is 1.02. The van der Waals surface area contributed by atoms with Crippen molar-refractivity contribution in [3.63, 3.8) is 0 Å². The topological polar surface area (TPSA) is 0 Å². The zero-order chi connectivity index (χ0) is 8.97. The van der Waals surface area contributed by atoms with Crippen LogP contribution < -0.4 is 0 Å². The van der Waals surface area contributed by atoms with Crippen LogP contribution in [0, 0.1) is 0 Å². The highest BCUT2D eigenvalue weighted by molar-refractivity contribution is 6.30. The lowest BCUT2D eigenvalue weighted by Crippen LogP contribution is -1.93. The molecular formula is C10H12Cl2. The summed E-state index contributed by atoms with van der Waals surface area (Å²) in [5.41, 5.74) is 1.31. The van der Waals surface area contributed by atoms with Crippen molar-refractivity contribution in [3.8, 4) is 0 Å². The monoisotopic (exact) mass is 202 g/mol. The zero-order valence-electron chi connectivity index (χ0n) is 7.06. The van der Waals surface area contributed by atoms with Gasteiger partial charge in [-0.05, 0) is 30.0 Å². The van der Waals surface area contributed by atoms with Gasteiger partial charge in [0.15, 0.2) is 0 Å². The minimum absolute atomic E-state index is 0.528. The second-order valence-corrected chi connectivity index (χ2v) is 3.74. The first kappa shape index (κ1) is 9.88. The Morgan fingerprint density at radius 3 is 2.33 bits per heavy atom. The van der Waals surface area contributed by atoms with Gasteiger partial charge in [-0.25, -0.2) is 0 Å². The molecule has 1 atom stereocenters. The third kappa shape index (κ3) is 2.69. The van der Waals surface area contributed by atoms with Gasteiger partial charge in [-0.3, -0.25) is 0 Å². The minimum atomic E-state index is 0.528. The summed E-state index contributed by atoms with van der Waals surface area (Å²) >= 11 is 11.4. The average Bonchev–Trinajstić information content (AvgIpc) is 2.06. The quantitative estimate of drug-likeness (QED) is 0.649. The van der Waals surface area contributed by atoms with Crippen LogP contribution in [-0.4, -0.2) is 5.88 Å². The predicted molar refractivity (Wildman–Crippen MR) is 55.2 cm³/mol. The van der Waals surface area contributed by atoms with E-state index in [9.17, 15) is 0 Å². The second kappa shape index (κ2) is 4.74. The van der Waals surface area contributed by atoms with E-state index in [-0.39, 0.29) is 0 Å². The molecule has 0 heterocycles. The molecule has 0 amide bonds. The molecule has 66 valence electrons. The van der Waals surface area contributed by atoms with Gasteiger partial charge in [0.25, 0.3) is 0 Å². The molecule has 1 rings (SSSR count). The molecular weight excluding hydrogens is 191 g/mol. The fourth-order valence-electron chi connectivity index (χ4n) is 1.12. The maximum atomic E-state index is 5.77. The lowest BCUT2D eigenvalue weighted by atomic mass is 9.99. The van der Waals surface area contributed by atoms with Crippen molar-refractivity contribution >= 4 is 23.2 Å². The van der Waals surface area contributed by atoms with Crippen molar-refractivity contribution in [2.75, 3.05) is 5.88 Å². The summed E-state index contributed by atoms with van der Waals surface area (Å²) in [5, 5.41) is 0.789. The first-order valence-corrected chi connectivity index (χ1v) is 4.96. The van der Waals surface area contributed by atoms with Crippen LogP contribution >= 0.6 is 23.2 Å². The molecule has 0 aromatic heterocycles. The molecule has 0 N–H and O–H groups in total. The third-order valence-corrected chi connectivity index (χ3v) is 2.45. The molecule has 0 spiro atoms. The Labute approximate surface area is 83.5 Å². The SMILES string of the molecule is CC(CCCl)c1ccc(Cl)cc1. The molecule has 0 saturated carbocycles. The zero-order valence-corrected chi connectivity index (χ0v) is 8.57. The van der Waals surface area contributed by atoms with Crippen LogP contribution in [0.4, 0.5) is 0 Å². The first-order chi connectivity index (χ1) is 5.74. The number of rotatable bonds is 3. The number of hydrogen-bond acceptors (Lipinski definition) is 0. The molecule has 0 fully saturated rings. The molecule has 12 heavy (non-hydrogen) atoms. The van der Waals surface area contributed by atoms with E-state index in [0.29, 0.717) is 11.8 Å². The lowest BCUT2D eigenvalue weighted by Gasteiger charge is -2.09. The van der Waals surface area contributed by atoms with Gasteiger partial charge in [-0.2, -0.15) is 0 Å². The number of alkyl halides is 1. The van der Waals surface area contributed by atoms with Crippen molar-refractivity contribution in [2.24, 2.45) is 0 Å². The Morgan fingerprint density at radius 2 is 1.83 bits per heavy atom. The standard InChI is InChI=1S/C10H12Cl2/c1-8(6-7-11)9-2-4-10(12)5-3-9/h2-5,8H,6-7H2,1H3. The molecule has 2 heteroatoms. The fourth-order valence-corrected chi connectivity index (χ4v) is 1.57. The molecule has 0 radical (unpaired) electrons. The maximum Gasteiger partial charge on any atom is 0.0406 e. The van der Waals surface area contributed by atoms with Crippen molar-refractivity contribution in [1.29, 1.82) is 0 Å². The van der Waals surface area contributed by atoms with Crippen LogP contribution in [0.1, 0.15) is 24.8 Å². The fraction of sp³-hybridized carbons (Fsp3) is 0.400. The van der Waals surface area contributed by atoms with Crippen LogP contribution in [0.3, 0.4) is 0 Å². The van der Waals surface area contributed by atoms with E-state index < -0.39 is 0 Å². The van der Waals surface area contributed by atoms with Gasteiger partial charge in [0.2, 0.25) is 0 Å². The Balaban J connectivity index is 2.68. The van der Waals surface area contributed by atoms with Crippen molar-refractivity contribution in [1.82, 2.24) is 0 Å². The highest BCUT2D eigenvalue weighted by Crippen LogP contribution is 2.20. The molecule has 1 aromatic carbocycles. The van der Waals surface area contributed by atoms with E-state index >= 15 is 0 Å². The van der Waals surface area contributed by atoms with Gasteiger partial charge < -0.3 is 0 Å².